The first kappa shape index (κ1) is 21.3. The fourth-order valence-corrected chi connectivity index (χ4v) is 3.08. The summed E-state index contributed by atoms with van der Waals surface area (Å²) in [5, 5.41) is 19.1. The van der Waals surface area contributed by atoms with Gasteiger partial charge >= 0.3 is 12.3 Å². The smallest absolute Gasteiger partial charge is 0.416 e. The van der Waals surface area contributed by atoms with Crippen molar-refractivity contribution in [3.63, 3.8) is 0 Å². The molecule has 1 heterocycles. The van der Waals surface area contributed by atoms with E-state index in [-0.39, 0.29) is 17.9 Å². The molecule has 1 amide bonds. The number of carbonyl (C=O) groups is 1. The number of hydrogen-bond donors (Lipinski definition) is 1. The second-order valence-corrected chi connectivity index (χ2v) is 7.73. The molecule has 1 fully saturated rings. The summed E-state index contributed by atoms with van der Waals surface area (Å²) in [7, 11) is 0. The van der Waals surface area contributed by atoms with Crippen LogP contribution in [-0.4, -0.2) is 34.9 Å². The first-order valence-electron chi connectivity index (χ1n) is 8.71. The van der Waals surface area contributed by atoms with Crippen LogP contribution in [0.25, 0.3) is 0 Å². The van der Waals surface area contributed by atoms with Crippen molar-refractivity contribution in [3.8, 4) is 0 Å². The van der Waals surface area contributed by atoms with Gasteiger partial charge in [-0.15, -0.1) is 0 Å². The summed E-state index contributed by atoms with van der Waals surface area (Å²) in [6.07, 6.45) is -3.74. The summed E-state index contributed by atoms with van der Waals surface area (Å²) in [5.74, 6) is -0.0203. The molecule has 1 N–H and O–H groups in total. The summed E-state index contributed by atoms with van der Waals surface area (Å²) in [4.78, 5) is 13.6. The standard InChI is InChI=1S/C18H24F3N2O4/c1-17(2,3)27-16(24)22-8-6-12(7-9-22)10-13-4-5-14(23(25)26)11-15(13)18(19,20)21/h4-5,11-12,25H,6-10H2,1-3H3/q-1. The lowest BCUT2D eigenvalue weighted by molar-refractivity contribution is -0.138. The van der Waals surface area contributed by atoms with Crippen molar-refractivity contribution in [1.82, 2.24) is 4.90 Å². The van der Waals surface area contributed by atoms with Crippen molar-refractivity contribution in [2.75, 3.05) is 18.3 Å². The van der Waals surface area contributed by atoms with Gasteiger partial charge in [0.05, 0.1) is 11.3 Å². The average molecular weight is 389 g/mol. The van der Waals surface area contributed by atoms with Crippen LogP contribution in [0.3, 0.4) is 0 Å². The lowest BCUT2D eigenvalue weighted by Gasteiger charge is -2.34. The van der Waals surface area contributed by atoms with Gasteiger partial charge in [-0.05, 0) is 63.6 Å². The molecule has 6 nitrogen and oxygen atoms in total. The van der Waals surface area contributed by atoms with E-state index in [1.807, 2.05) is 0 Å². The fourth-order valence-electron chi connectivity index (χ4n) is 3.08. The predicted octanol–water partition coefficient (Wildman–Crippen LogP) is 4.59. The van der Waals surface area contributed by atoms with E-state index in [2.05, 4.69) is 0 Å². The Hall–Kier alpha value is -2.00. The van der Waals surface area contributed by atoms with Crippen LogP contribution in [0.1, 0.15) is 44.7 Å². The van der Waals surface area contributed by atoms with Gasteiger partial charge in [-0.1, -0.05) is 6.07 Å². The number of nitrogens with zero attached hydrogens (tertiary/aromatic N) is 2. The molecule has 1 aromatic rings. The van der Waals surface area contributed by atoms with Crippen molar-refractivity contribution in [1.29, 1.82) is 0 Å². The first-order chi connectivity index (χ1) is 12.4. The maximum atomic E-state index is 13.3. The molecule has 0 radical (unpaired) electrons. The number of rotatable bonds is 3. The molecule has 1 aliphatic rings. The molecule has 0 saturated carbocycles. The van der Waals surface area contributed by atoms with Crippen molar-refractivity contribution in [2.24, 2.45) is 5.92 Å². The minimum absolute atomic E-state index is 0.0203. The third-order valence-electron chi connectivity index (χ3n) is 4.39. The second kappa shape index (κ2) is 7.93. The number of piperidine rings is 1. The third-order valence-corrected chi connectivity index (χ3v) is 4.39. The Balaban J connectivity index is 2.04. The van der Waals surface area contributed by atoms with Gasteiger partial charge in [-0.25, -0.2) is 4.79 Å². The van der Waals surface area contributed by atoms with Gasteiger partial charge < -0.3 is 20.1 Å². The number of ether oxygens (including phenoxy) is 1. The third kappa shape index (κ3) is 6.00. The maximum Gasteiger partial charge on any atom is 0.416 e. The number of benzene rings is 1. The van der Waals surface area contributed by atoms with Crippen LogP contribution in [0.4, 0.5) is 23.7 Å². The molecule has 1 saturated heterocycles. The molecule has 0 atom stereocenters. The summed E-state index contributed by atoms with van der Waals surface area (Å²) < 4.78 is 45.2. The van der Waals surface area contributed by atoms with Gasteiger partial charge in [-0.2, -0.15) is 13.2 Å². The van der Waals surface area contributed by atoms with Crippen LogP contribution in [-0.2, 0) is 17.3 Å². The Morgan fingerprint density at radius 2 is 1.89 bits per heavy atom. The number of alkyl halides is 3. The molecule has 0 aliphatic carbocycles. The molecule has 152 valence electrons. The van der Waals surface area contributed by atoms with E-state index in [1.165, 1.54) is 6.07 Å². The quantitative estimate of drug-likeness (QED) is 0.766. The molecular weight excluding hydrogens is 365 g/mol. The van der Waals surface area contributed by atoms with Crippen molar-refractivity contribution in [3.05, 3.63) is 34.5 Å². The Morgan fingerprint density at radius 3 is 2.37 bits per heavy atom. The predicted molar refractivity (Wildman–Crippen MR) is 93.3 cm³/mol. The highest BCUT2D eigenvalue weighted by molar-refractivity contribution is 5.68. The van der Waals surface area contributed by atoms with Crippen LogP contribution in [0.2, 0.25) is 0 Å². The molecule has 1 aliphatic heterocycles. The minimum atomic E-state index is -4.63. The summed E-state index contributed by atoms with van der Waals surface area (Å²) >= 11 is 0. The van der Waals surface area contributed by atoms with Crippen LogP contribution in [0.15, 0.2) is 18.2 Å². The second-order valence-electron chi connectivity index (χ2n) is 7.73. The lowest BCUT2D eigenvalue weighted by atomic mass is 9.88. The van der Waals surface area contributed by atoms with Crippen molar-refractivity contribution < 1.29 is 27.9 Å². The van der Waals surface area contributed by atoms with Gasteiger partial charge in [0.1, 0.15) is 5.60 Å². The topological polar surface area (TPSA) is 76.1 Å². The molecular formula is C18H24F3N2O4-. The van der Waals surface area contributed by atoms with Gasteiger partial charge in [0.2, 0.25) is 0 Å². The fraction of sp³-hybridized carbons (Fsp3) is 0.611. The Bertz CT molecular complexity index is 664. The molecule has 27 heavy (non-hydrogen) atoms. The van der Waals surface area contributed by atoms with Crippen LogP contribution in [0, 0.1) is 11.1 Å². The number of hydrogen-bond acceptors (Lipinski definition) is 5. The van der Waals surface area contributed by atoms with E-state index in [0.717, 1.165) is 6.07 Å². The van der Waals surface area contributed by atoms with E-state index >= 15 is 0 Å². The van der Waals surface area contributed by atoms with Crippen molar-refractivity contribution >= 4 is 11.8 Å². The summed E-state index contributed by atoms with van der Waals surface area (Å²) in [6.45, 7) is 6.16. The number of anilines is 1. The van der Waals surface area contributed by atoms with Crippen LogP contribution < -0.4 is 5.23 Å². The number of halogens is 3. The van der Waals surface area contributed by atoms with E-state index in [1.54, 1.807) is 25.7 Å². The first-order valence-corrected chi connectivity index (χ1v) is 8.71. The minimum Gasteiger partial charge on any atom is -0.733 e. The number of likely N-dealkylation sites (tertiary alicyclic amines) is 1. The molecule has 0 unspecified atom stereocenters. The maximum absolute atomic E-state index is 13.3. The summed E-state index contributed by atoms with van der Waals surface area (Å²) in [5.41, 5.74) is -1.92. The molecule has 1 aromatic carbocycles. The largest absolute Gasteiger partial charge is 0.733 e. The Kier molecular flexibility index (Phi) is 6.26. The number of amides is 1. The van der Waals surface area contributed by atoms with E-state index in [0.29, 0.717) is 32.0 Å². The SMILES string of the molecule is CC(C)(C)OC(=O)N1CCC(Cc2ccc(N([O-])O)cc2C(F)(F)F)CC1. The molecule has 0 spiro atoms. The van der Waals surface area contributed by atoms with Crippen LogP contribution in [0.5, 0.6) is 0 Å². The zero-order valence-corrected chi connectivity index (χ0v) is 15.5. The highest BCUT2D eigenvalue weighted by Gasteiger charge is 2.35. The zero-order valence-electron chi connectivity index (χ0n) is 15.5. The molecule has 2 rings (SSSR count). The number of carbonyl (C=O) groups excluding carboxylic acids is 1. The molecule has 9 heteroatoms. The zero-order chi connectivity index (χ0) is 20.4. The average Bonchev–Trinajstić information content (AvgIpc) is 2.53. The highest BCUT2D eigenvalue weighted by Crippen LogP contribution is 2.36. The van der Waals surface area contributed by atoms with Gasteiger partial charge in [-0.3, -0.25) is 5.21 Å². The van der Waals surface area contributed by atoms with Crippen LogP contribution >= 0.6 is 0 Å². The van der Waals surface area contributed by atoms with Gasteiger partial charge in [0, 0.05) is 13.1 Å². The van der Waals surface area contributed by atoms with Gasteiger partial charge in [0.25, 0.3) is 0 Å². The van der Waals surface area contributed by atoms with E-state index < -0.39 is 34.3 Å². The summed E-state index contributed by atoms with van der Waals surface area (Å²) in [6, 6.07) is 3.03. The van der Waals surface area contributed by atoms with E-state index in [4.69, 9.17) is 9.94 Å². The molecule has 0 bridgehead atoms. The Labute approximate surface area is 156 Å². The Morgan fingerprint density at radius 1 is 1.30 bits per heavy atom. The lowest BCUT2D eigenvalue weighted by Crippen LogP contribution is -2.42. The highest BCUT2D eigenvalue weighted by atomic mass is 19.4. The monoisotopic (exact) mass is 389 g/mol. The van der Waals surface area contributed by atoms with Gasteiger partial charge in [0.15, 0.2) is 0 Å². The normalized spacial score (nSPS) is 16.4. The van der Waals surface area contributed by atoms with Crippen molar-refractivity contribution in [2.45, 2.75) is 51.8 Å². The van der Waals surface area contributed by atoms with E-state index in [9.17, 15) is 23.2 Å². The molecule has 0 aromatic heterocycles.